The second-order valence-electron chi connectivity index (χ2n) is 5.77. The number of carbonyl (C=O) groups is 1. The van der Waals surface area contributed by atoms with Crippen molar-refractivity contribution in [1.82, 2.24) is 15.0 Å². The van der Waals surface area contributed by atoms with Gasteiger partial charge in [-0.15, -0.1) is 0 Å². The number of nitro groups is 1. The number of nitrogens with zero attached hydrogens (tertiary/aromatic N) is 4. The Morgan fingerprint density at radius 1 is 1.14 bits per heavy atom. The predicted molar refractivity (Wildman–Crippen MR) is 101 cm³/mol. The van der Waals surface area contributed by atoms with Gasteiger partial charge in [-0.2, -0.15) is 15.0 Å². The van der Waals surface area contributed by atoms with Crippen molar-refractivity contribution in [1.29, 1.82) is 0 Å². The lowest BCUT2D eigenvalue weighted by Gasteiger charge is -2.08. The van der Waals surface area contributed by atoms with E-state index >= 15 is 0 Å². The number of esters is 1. The molecule has 0 unspecified atom stereocenters. The molecule has 0 fully saturated rings. The SMILES string of the molecule is Cc1ccc(Nc2nc(N)nc(COC(=O)c3ccccc3[N+](=O)[O-])n2)cc1. The molecule has 1 aromatic heterocycles. The van der Waals surface area contributed by atoms with Crippen LogP contribution in [0.15, 0.2) is 48.5 Å². The summed E-state index contributed by atoms with van der Waals surface area (Å²) in [7, 11) is 0. The standard InChI is InChI=1S/C18H16N6O4/c1-11-6-8-12(9-7-11)20-18-22-15(21-17(19)23-18)10-28-16(25)13-4-2-3-5-14(13)24(26)27/h2-9H,10H2,1H3,(H3,19,20,21,22,23). The monoisotopic (exact) mass is 380 g/mol. The number of para-hydroxylation sites is 1. The van der Waals surface area contributed by atoms with Gasteiger partial charge in [0.25, 0.3) is 5.69 Å². The Morgan fingerprint density at radius 2 is 1.86 bits per heavy atom. The van der Waals surface area contributed by atoms with Crippen LogP contribution in [0, 0.1) is 17.0 Å². The Kier molecular flexibility index (Phi) is 5.40. The summed E-state index contributed by atoms with van der Waals surface area (Å²) in [5.74, 6) is -0.622. The molecule has 2 aromatic carbocycles. The largest absolute Gasteiger partial charge is 0.454 e. The zero-order valence-electron chi connectivity index (χ0n) is 14.8. The van der Waals surface area contributed by atoms with Gasteiger partial charge in [0.15, 0.2) is 12.4 Å². The minimum Gasteiger partial charge on any atom is -0.454 e. The van der Waals surface area contributed by atoms with Gasteiger partial charge in [-0.1, -0.05) is 29.8 Å². The van der Waals surface area contributed by atoms with Gasteiger partial charge in [0, 0.05) is 11.8 Å². The van der Waals surface area contributed by atoms with Crippen LogP contribution in [-0.4, -0.2) is 25.8 Å². The maximum Gasteiger partial charge on any atom is 0.345 e. The van der Waals surface area contributed by atoms with E-state index in [0.717, 1.165) is 11.3 Å². The maximum atomic E-state index is 12.2. The van der Waals surface area contributed by atoms with E-state index in [1.54, 1.807) is 0 Å². The summed E-state index contributed by atoms with van der Waals surface area (Å²) in [6, 6.07) is 13.0. The average Bonchev–Trinajstić information content (AvgIpc) is 2.67. The summed E-state index contributed by atoms with van der Waals surface area (Å²) in [4.78, 5) is 34.6. The highest BCUT2D eigenvalue weighted by atomic mass is 16.6. The first kappa shape index (κ1) is 18.7. The number of aromatic nitrogens is 3. The van der Waals surface area contributed by atoms with E-state index in [-0.39, 0.29) is 35.6 Å². The summed E-state index contributed by atoms with van der Waals surface area (Å²) in [5, 5.41) is 14.0. The van der Waals surface area contributed by atoms with E-state index in [1.165, 1.54) is 24.3 Å². The third-order valence-corrected chi connectivity index (χ3v) is 3.66. The van der Waals surface area contributed by atoms with Crippen molar-refractivity contribution in [2.45, 2.75) is 13.5 Å². The van der Waals surface area contributed by atoms with Crippen molar-refractivity contribution in [3.8, 4) is 0 Å². The van der Waals surface area contributed by atoms with Gasteiger partial charge in [0.1, 0.15) is 5.56 Å². The van der Waals surface area contributed by atoms with Gasteiger partial charge in [-0.25, -0.2) is 4.79 Å². The van der Waals surface area contributed by atoms with Gasteiger partial charge in [-0.3, -0.25) is 10.1 Å². The molecular formula is C18H16N6O4. The van der Waals surface area contributed by atoms with E-state index in [4.69, 9.17) is 10.5 Å². The minimum atomic E-state index is -0.862. The minimum absolute atomic E-state index is 0.0543. The van der Waals surface area contributed by atoms with Crippen LogP contribution in [0.5, 0.6) is 0 Å². The molecule has 28 heavy (non-hydrogen) atoms. The molecule has 1 heterocycles. The Labute approximate surface area is 159 Å². The van der Waals surface area contributed by atoms with Gasteiger partial charge < -0.3 is 15.8 Å². The Morgan fingerprint density at radius 3 is 2.57 bits per heavy atom. The lowest BCUT2D eigenvalue weighted by molar-refractivity contribution is -0.385. The topological polar surface area (TPSA) is 146 Å². The van der Waals surface area contributed by atoms with E-state index in [2.05, 4.69) is 20.3 Å². The summed E-state index contributed by atoms with van der Waals surface area (Å²) >= 11 is 0. The number of anilines is 3. The summed E-state index contributed by atoms with van der Waals surface area (Å²) in [6.45, 7) is 1.65. The molecule has 3 N–H and O–H groups in total. The first-order chi connectivity index (χ1) is 13.4. The molecule has 0 bridgehead atoms. The van der Waals surface area contributed by atoms with Crippen molar-refractivity contribution in [2.24, 2.45) is 0 Å². The van der Waals surface area contributed by atoms with Crippen LogP contribution in [0.2, 0.25) is 0 Å². The van der Waals surface area contributed by atoms with E-state index in [1.807, 2.05) is 31.2 Å². The van der Waals surface area contributed by atoms with Crippen LogP contribution in [0.1, 0.15) is 21.7 Å². The molecule has 0 radical (unpaired) electrons. The van der Waals surface area contributed by atoms with Crippen LogP contribution in [0.4, 0.5) is 23.3 Å². The molecule has 3 aromatic rings. The molecule has 10 nitrogen and oxygen atoms in total. The molecule has 142 valence electrons. The molecule has 0 amide bonds. The molecule has 0 saturated heterocycles. The second kappa shape index (κ2) is 8.08. The number of hydrogen-bond donors (Lipinski definition) is 2. The Hall–Kier alpha value is -4.08. The number of aryl methyl sites for hydroxylation is 1. The molecule has 3 rings (SSSR count). The van der Waals surface area contributed by atoms with E-state index in [0.29, 0.717) is 0 Å². The lowest BCUT2D eigenvalue weighted by atomic mass is 10.2. The highest BCUT2D eigenvalue weighted by Gasteiger charge is 2.21. The van der Waals surface area contributed by atoms with Gasteiger partial charge in [0.2, 0.25) is 11.9 Å². The maximum absolute atomic E-state index is 12.2. The summed E-state index contributed by atoms with van der Waals surface area (Å²) < 4.78 is 5.10. The smallest absolute Gasteiger partial charge is 0.345 e. The zero-order chi connectivity index (χ0) is 20.1. The Bertz CT molecular complexity index is 1020. The molecule has 0 aliphatic rings. The number of nitro benzene ring substituents is 1. The number of carbonyl (C=O) groups excluding carboxylic acids is 1. The van der Waals surface area contributed by atoms with Crippen molar-refractivity contribution in [2.75, 3.05) is 11.1 Å². The fourth-order valence-electron chi connectivity index (χ4n) is 2.34. The van der Waals surface area contributed by atoms with Crippen LogP contribution < -0.4 is 11.1 Å². The molecule has 0 atom stereocenters. The van der Waals surface area contributed by atoms with Crippen LogP contribution in [-0.2, 0) is 11.3 Å². The van der Waals surface area contributed by atoms with Crippen LogP contribution in [0.3, 0.4) is 0 Å². The van der Waals surface area contributed by atoms with Crippen LogP contribution >= 0.6 is 0 Å². The van der Waals surface area contributed by atoms with Gasteiger partial charge >= 0.3 is 5.97 Å². The summed E-state index contributed by atoms with van der Waals surface area (Å²) in [5.41, 5.74) is 7.03. The highest BCUT2D eigenvalue weighted by Crippen LogP contribution is 2.19. The van der Waals surface area contributed by atoms with Crippen molar-refractivity contribution < 1.29 is 14.5 Å². The van der Waals surface area contributed by atoms with Gasteiger partial charge in [-0.05, 0) is 25.1 Å². The molecule has 0 aliphatic carbocycles. The van der Waals surface area contributed by atoms with Crippen molar-refractivity contribution in [3.05, 3.63) is 75.6 Å². The predicted octanol–water partition coefficient (Wildman–Crippen LogP) is 2.77. The second-order valence-corrected chi connectivity index (χ2v) is 5.77. The molecule has 0 spiro atoms. The fourth-order valence-corrected chi connectivity index (χ4v) is 2.34. The van der Waals surface area contributed by atoms with E-state index < -0.39 is 10.9 Å². The van der Waals surface area contributed by atoms with Crippen LogP contribution in [0.25, 0.3) is 0 Å². The first-order valence-electron chi connectivity index (χ1n) is 8.17. The van der Waals surface area contributed by atoms with Gasteiger partial charge in [0.05, 0.1) is 4.92 Å². The molecule has 0 aliphatic heterocycles. The normalized spacial score (nSPS) is 10.3. The van der Waals surface area contributed by atoms with Crippen molar-refractivity contribution in [3.63, 3.8) is 0 Å². The number of nitrogen functional groups attached to an aromatic ring is 1. The number of nitrogens with one attached hydrogen (secondary N) is 1. The number of rotatable bonds is 6. The third-order valence-electron chi connectivity index (χ3n) is 3.66. The van der Waals surface area contributed by atoms with Crippen molar-refractivity contribution >= 4 is 29.2 Å². The summed E-state index contributed by atoms with van der Waals surface area (Å²) in [6.07, 6.45) is 0. The van der Waals surface area contributed by atoms with E-state index in [9.17, 15) is 14.9 Å². The number of benzene rings is 2. The highest BCUT2D eigenvalue weighted by molar-refractivity contribution is 5.93. The molecular weight excluding hydrogens is 364 g/mol. The average molecular weight is 380 g/mol. The Balaban J connectivity index is 1.72. The lowest BCUT2D eigenvalue weighted by Crippen LogP contribution is -2.12. The number of ether oxygens (including phenoxy) is 1. The number of hydrogen-bond acceptors (Lipinski definition) is 9. The fraction of sp³-hybridized carbons (Fsp3) is 0.111. The molecule has 10 heteroatoms. The first-order valence-corrected chi connectivity index (χ1v) is 8.17. The number of nitrogens with two attached hydrogens (primary N) is 1. The third kappa shape index (κ3) is 4.55. The molecule has 0 saturated carbocycles. The zero-order valence-corrected chi connectivity index (χ0v) is 14.8. The quantitative estimate of drug-likeness (QED) is 0.374.